The van der Waals surface area contributed by atoms with E-state index in [2.05, 4.69) is 9.38 Å². The fourth-order valence-electron chi connectivity index (χ4n) is 4.59. The van der Waals surface area contributed by atoms with Gasteiger partial charge in [0.1, 0.15) is 16.4 Å². The first-order valence-corrected chi connectivity index (χ1v) is 12.2. The maximum Gasteiger partial charge on any atom is 0.410 e. The van der Waals surface area contributed by atoms with Crippen molar-refractivity contribution in [1.29, 1.82) is 0 Å². The summed E-state index contributed by atoms with van der Waals surface area (Å²) >= 11 is 6.29. The van der Waals surface area contributed by atoms with E-state index in [-0.39, 0.29) is 17.1 Å². The van der Waals surface area contributed by atoms with Crippen LogP contribution < -0.4 is 0 Å². The Kier molecular flexibility index (Phi) is 5.65. The van der Waals surface area contributed by atoms with Crippen molar-refractivity contribution in [2.45, 2.75) is 55.9 Å². The molecule has 3 aliphatic heterocycles. The molecule has 1 fully saturated rings. The zero-order valence-corrected chi connectivity index (χ0v) is 20.9. The van der Waals surface area contributed by atoms with Gasteiger partial charge < -0.3 is 14.4 Å². The van der Waals surface area contributed by atoms with Gasteiger partial charge in [0.05, 0.1) is 25.4 Å². The Morgan fingerprint density at radius 1 is 1.20 bits per heavy atom. The highest BCUT2D eigenvalue weighted by Crippen LogP contribution is 2.56. The largest absolute Gasteiger partial charge is 0.444 e. The van der Waals surface area contributed by atoms with E-state index in [0.29, 0.717) is 42.9 Å². The number of carbonyl (C=O) groups is 1. The minimum Gasteiger partial charge on any atom is -0.444 e. The number of pyridine rings is 1. The number of nitrogens with zero attached hydrogens (tertiary/aromatic N) is 3. The Bertz CT molecular complexity index is 1210. The summed E-state index contributed by atoms with van der Waals surface area (Å²) in [6.07, 6.45) is -4.09. The minimum absolute atomic E-state index is 0.0123. The number of rotatable bonds is 2. The van der Waals surface area contributed by atoms with E-state index in [9.17, 15) is 18.0 Å². The van der Waals surface area contributed by atoms with Crippen molar-refractivity contribution in [1.82, 2.24) is 9.88 Å². The van der Waals surface area contributed by atoms with Gasteiger partial charge in [-0.25, -0.2) is 14.2 Å². The average Bonchev–Trinajstić information content (AvgIpc) is 3.34. The molecule has 5 rings (SSSR count). The third-order valence-corrected chi connectivity index (χ3v) is 7.82. The van der Waals surface area contributed by atoms with E-state index >= 15 is 0 Å². The van der Waals surface area contributed by atoms with Crippen LogP contribution in [-0.2, 0) is 26.4 Å². The number of fused-ring (bicyclic) bond motifs is 2. The lowest BCUT2D eigenvalue weighted by Gasteiger charge is -2.47. The van der Waals surface area contributed by atoms with Crippen molar-refractivity contribution in [2.24, 2.45) is 4.40 Å². The minimum atomic E-state index is -4.54. The Hall–Kier alpha value is -2.30. The lowest BCUT2D eigenvalue weighted by molar-refractivity contribution is -0.159. The quantitative estimate of drug-likeness (QED) is 0.355. The van der Waals surface area contributed by atoms with Gasteiger partial charge in [-0.3, -0.25) is 0 Å². The predicted molar refractivity (Wildman–Crippen MR) is 126 cm³/mol. The van der Waals surface area contributed by atoms with Crippen LogP contribution in [0.4, 0.5) is 18.0 Å². The SMILES string of the molecule is CC(C)(C)OC(=O)N1CC2(C1)OCc1cc(C3=NSC(c4ccc(Cl)nc4)(C(F)(F)F)C3)ccc12. The smallest absolute Gasteiger partial charge is 0.410 e. The summed E-state index contributed by atoms with van der Waals surface area (Å²) < 4.78 is 56.2. The molecule has 3 aliphatic rings. The first-order chi connectivity index (χ1) is 16.3. The second-order valence-electron chi connectivity index (χ2n) is 9.99. The fraction of sp³-hybridized carbons (Fsp3) is 0.458. The number of ether oxygens (including phenoxy) is 2. The van der Waals surface area contributed by atoms with Gasteiger partial charge in [0.2, 0.25) is 0 Å². The van der Waals surface area contributed by atoms with Crippen LogP contribution in [0.2, 0.25) is 5.15 Å². The van der Waals surface area contributed by atoms with Crippen LogP contribution in [0.3, 0.4) is 0 Å². The molecule has 1 spiro atoms. The van der Waals surface area contributed by atoms with Crippen molar-refractivity contribution < 1.29 is 27.4 Å². The van der Waals surface area contributed by atoms with Crippen molar-refractivity contribution in [3.05, 3.63) is 63.9 Å². The monoisotopic (exact) mass is 525 g/mol. The predicted octanol–water partition coefficient (Wildman–Crippen LogP) is 6.01. The molecule has 0 saturated carbocycles. The molecule has 1 aromatic heterocycles. The van der Waals surface area contributed by atoms with E-state index in [4.69, 9.17) is 21.1 Å². The first kappa shape index (κ1) is 24.4. The van der Waals surface area contributed by atoms with Gasteiger partial charge in [0, 0.05) is 12.6 Å². The molecule has 6 nitrogen and oxygen atoms in total. The normalized spacial score (nSPS) is 23.2. The molecule has 0 bridgehead atoms. The third kappa shape index (κ3) is 4.19. The summed E-state index contributed by atoms with van der Waals surface area (Å²) in [5.74, 6) is 0. The number of alkyl halides is 3. The molecule has 1 unspecified atom stereocenters. The highest BCUT2D eigenvalue weighted by molar-refractivity contribution is 7.99. The van der Waals surface area contributed by atoms with Gasteiger partial charge >= 0.3 is 12.3 Å². The molecular formula is C24H23ClF3N3O3S. The maximum absolute atomic E-state index is 14.3. The third-order valence-electron chi connectivity index (χ3n) is 6.36. The Morgan fingerprint density at radius 2 is 1.94 bits per heavy atom. The number of likely N-dealkylation sites (tertiary alicyclic amines) is 1. The average molecular weight is 526 g/mol. The standard InChI is InChI=1S/C24H23ClF3N3O3S/c1-21(2,3)34-20(32)31-12-22(13-31)17-6-4-14(8-15(17)11-33-22)18-9-23(35-30-18,24(26,27)28)16-5-7-19(25)29-10-16/h4-8,10H,9,11-13H2,1-3H3. The summed E-state index contributed by atoms with van der Waals surface area (Å²) in [5, 5.41) is 0.129. The number of carbonyl (C=O) groups excluding carboxylic acids is 1. The lowest BCUT2D eigenvalue weighted by Crippen LogP contribution is -2.61. The molecule has 11 heteroatoms. The number of hydrogen-bond acceptors (Lipinski definition) is 6. The van der Waals surface area contributed by atoms with Crippen LogP contribution in [0, 0.1) is 0 Å². The number of halogens is 4. The molecule has 0 aliphatic carbocycles. The molecule has 1 saturated heterocycles. The summed E-state index contributed by atoms with van der Waals surface area (Å²) in [5.41, 5.74) is 1.62. The van der Waals surface area contributed by atoms with E-state index < -0.39 is 28.2 Å². The van der Waals surface area contributed by atoms with Gasteiger partial charge in [-0.2, -0.15) is 13.2 Å². The zero-order valence-electron chi connectivity index (χ0n) is 19.3. The number of amides is 1. The van der Waals surface area contributed by atoms with Crippen molar-refractivity contribution in [2.75, 3.05) is 13.1 Å². The van der Waals surface area contributed by atoms with Gasteiger partial charge in [0.15, 0.2) is 4.75 Å². The highest BCUT2D eigenvalue weighted by atomic mass is 35.5. The topological polar surface area (TPSA) is 64.0 Å². The second kappa shape index (κ2) is 8.11. The van der Waals surface area contributed by atoms with Crippen molar-refractivity contribution in [3.8, 4) is 0 Å². The molecule has 4 heterocycles. The van der Waals surface area contributed by atoms with Crippen LogP contribution in [0.15, 0.2) is 40.9 Å². The molecule has 0 radical (unpaired) electrons. The van der Waals surface area contributed by atoms with E-state index in [1.165, 1.54) is 12.1 Å². The van der Waals surface area contributed by atoms with Gasteiger partial charge in [0.25, 0.3) is 0 Å². The summed E-state index contributed by atoms with van der Waals surface area (Å²) in [4.78, 5) is 17.8. The molecule has 186 valence electrons. The van der Waals surface area contributed by atoms with E-state index in [0.717, 1.165) is 17.3 Å². The van der Waals surface area contributed by atoms with Crippen LogP contribution in [0.5, 0.6) is 0 Å². The number of aromatic nitrogens is 1. The summed E-state index contributed by atoms with van der Waals surface area (Å²) in [6.45, 7) is 6.48. The van der Waals surface area contributed by atoms with E-state index in [1.54, 1.807) is 11.0 Å². The molecule has 2 aromatic rings. The Labute approximate surface area is 210 Å². The van der Waals surface area contributed by atoms with Gasteiger partial charge in [-0.15, -0.1) is 0 Å². The van der Waals surface area contributed by atoms with Crippen molar-refractivity contribution >= 4 is 35.4 Å². The Balaban J connectivity index is 1.35. The summed E-state index contributed by atoms with van der Waals surface area (Å²) in [6, 6.07) is 8.19. The van der Waals surface area contributed by atoms with Crippen LogP contribution >= 0.6 is 23.5 Å². The highest BCUT2D eigenvalue weighted by Gasteiger charge is 2.60. The van der Waals surface area contributed by atoms with Gasteiger partial charge in [-0.1, -0.05) is 29.8 Å². The molecule has 35 heavy (non-hydrogen) atoms. The maximum atomic E-state index is 14.3. The van der Waals surface area contributed by atoms with Crippen LogP contribution in [0.1, 0.15) is 49.4 Å². The Morgan fingerprint density at radius 3 is 2.57 bits per heavy atom. The molecule has 1 aromatic carbocycles. The summed E-state index contributed by atoms with van der Waals surface area (Å²) in [7, 11) is 0. The van der Waals surface area contributed by atoms with Crippen molar-refractivity contribution in [3.63, 3.8) is 0 Å². The lowest BCUT2D eigenvalue weighted by atomic mass is 9.84. The fourth-order valence-corrected chi connectivity index (χ4v) is 5.67. The van der Waals surface area contributed by atoms with Gasteiger partial charge in [-0.05, 0) is 67.1 Å². The molecular weight excluding hydrogens is 503 g/mol. The second-order valence-corrected chi connectivity index (χ2v) is 11.4. The number of hydrogen-bond donors (Lipinski definition) is 0. The molecule has 1 atom stereocenters. The zero-order chi connectivity index (χ0) is 25.2. The molecule has 1 amide bonds. The first-order valence-electron chi connectivity index (χ1n) is 11.0. The van der Waals surface area contributed by atoms with Crippen LogP contribution in [-0.4, -0.2) is 46.6 Å². The number of benzene rings is 1. The van der Waals surface area contributed by atoms with E-state index in [1.807, 2.05) is 32.9 Å². The molecule has 0 N–H and O–H groups in total. The van der Waals surface area contributed by atoms with Crippen LogP contribution in [0.25, 0.3) is 0 Å².